The smallest absolute Gasteiger partial charge is 0.158 e. The number of aromatic hydroxyl groups is 2. The van der Waals surface area contributed by atoms with Gasteiger partial charge in [0.15, 0.2) is 11.5 Å². The van der Waals surface area contributed by atoms with Gasteiger partial charge in [-0.3, -0.25) is 0 Å². The number of rotatable bonds is 1. The van der Waals surface area contributed by atoms with Gasteiger partial charge in [0.2, 0.25) is 0 Å². The van der Waals surface area contributed by atoms with Crippen LogP contribution in [0, 0.1) is 6.92 Å². The van der Waals surface area contributed by atoms with Crippen LogP contribution in [0.2, 0.25) is 0 Å². The molecular formula is C21H20O4. The Hall–Kier alpha value is -2.88. The summed E-state index contributed by atoms with van der Waals surface area (Å²) in [6.07, 6.45) is 4.12. The van der Waals surface area contributed by atoms with Crippen LogP contribution in [0.5, 0.6) is 23.0 Å². The molecule has 3 aromatic carbocycles. The number of phenolic OH excluding ortho intramolecular Hbond substituents is 2. The lowest BCUT2D eigenvalue weighted by Gasteiger charge is -2.31. The summed E-state index contributed by atoms with van der Waals surface area (Å²) >= 11 is 0. The zero-order valence-electron chi connectivity index (χ0n) is 14.7. The number of phenols is 2. The summed E-state index contributed by atoms with van der Waals surface area (Å²) < 4.78 is 11.9. The third-order valence-electron chi connectivity index (χ3n) is 4.78. The number of methoxy groups -OCH3 is 1. The molecule has 0 aromatic heterocycles. The maximum atomic E-state index is 9.99. The van der Waals surface area contributed by atoms with Crippen LogP contribution in [-0.4, -0.2) is 22.9 Å². The van der Waals surface area contributed by atoms with Gasteiger partial charge < -0.3 is 19.7 Å². The Balaban J connectivity index is 2.21. The molecule has 0 saturated heterocycles. The summed E-state index contributed by atoms with van der Waals surface area (Å²) in [6, 6.07) is 7.08. The maximum absolute atomic E-state index is 9.99. The Morgan fingerprint density at radius 2 is 1.76 bits per heavy atom. The van der Waals surface area contributed by atoms with Crippen LogP contribution in [0.1, 0.15) is 25.0 Å². The zero-order chi connectivity index (χ0) is 17.9. The van der Waals surface area contributed by atoms with E-state index in [0.29, 0.717) is 0 Å². The molecule has 0 radical (unpaired) electrons. The number of benzene rings is 3. The second kappa shape index (κ2) is 5.06. The normalized spacial score (nSPS) is 15.2. The van der Waals surface area contributed by atoms with Crippen molar-refractivity contribution in [1.82, 2.24) is 0 Å². The maximum Gasteiger partial charge on any atom is 0.158 e. The fourth-order valence-corrected chi connectivity index (χ4v) is 3.57. The molecule has 1 aliphatic rings. The van der Waals surface area contributed by atoms with E-state index < -0.39 is 0 Å². The van der Waals surface area contributed by atoms with Crippen LogP contribution in [0.25, 0.3) is 27.6 Å². The third-order valence-corrected chi connectivity index (χ3v) is 4.78. The highest BCUT2D eigenvalue weighted by molar-refractivity contribution is 6.15. The molecule has 0 spiro atoms. The Morgan fingerprint density at radius 1 is 1.04 bits per heavy atom. The lowest BCUT2D eigenvalue weighted by Crippen LogP contribution is -2.28. The van der Waals surface area contributed by atoms with Crippen molar-refractivity contribution in [2.45, 2.75) is 26.4 Å². The van der Waals surface area contributed by atoms with Gasteiger partial charge in [0.25, 0.3) is 0 Å². The van der Waals surface area contributed by atoms with Crippen LogP contribution in [0.4, 0.5) is 0 Å². The Labute approximate surface area is 145 Å². The van der Waals surface area contributed by atoms with Crippen LogP contribution in [0.3, 0.4) is 0 Å². The topological polar surface area (TPSA) is 58.9 Å². The van der Waals surface area contributed by atoms with Crippen LogP contribution in [0.15, 0.2) is 30.3 Å². The van der Waals surface area contributed by atoms with Crippen molar-refractivity contribution < 1.29 is 19.7 Å². The van der Waals surface area contributed by atoms with E-state index in [9.17, 15) is 10.2 Å². The minimum Gasteiger partial charge on any atom is -0.504 e. The molecule has 128 valence electrons. The number of fused-ring (bicyclic) bond motifs is 5. The first-order valence-electron chi connectivity index (χ1n) is 8.19. The van der Waals surface area contributed by atoms with E-state index in [4.69, 9.17) is 9.47 Å². The predicted molar refractivity (Wildman–Crippen MR) is 99.8 cm³/mol. The van der Waals surface area contributed by atoms with Crippen LogP contribution < -0.4 is 9.47 Å². The molecule has 4 rings (SSSR count). The quantitative estimate of drug-likeness (QED) is 0.490. The van der Waals surface area contributed by atoms with Crippen molar-refractivity contribution in [3.63, 3.8) is 0 Å². The molecule has 4 heteroatoms. The van der Waals surface area contributed by atoms with Crippen LogP contribution >= 0.6 is 0 Å². The molecule has 0 aliphatic carbocycles. The molecule has 3 aromatic rings. The zero-order valence-corrected chi connectivity index (χ0v) is 14.7. The predicted octanol–water partition coefficient (Wildman–Crippen LogP) is 4.91. The SMILES string of the molecule is COc1c(C)c2c(c3ccc4cc(O)c(O)cc4c13)C=CC(C)(C)O2. The van der Waals surface area contributed by atoms with Gasteiger partial charge in [-0.05, 0) is 55.1 Å². The van der Waals surface area contributed by atoms with Crippen molar-refractivity contribution in [2.75, 3.05) is 7.11 Å². The molecule has 0 unspecified atom stereocenters. The molecule has 1 aliphatic heterocycles. The largest absolute Gasteiger partial charge is 0.504 e. The fourth-order valence-electron chi connectivity index (χ4n) is 3.57. The molecule has 0 saturated carbocycles. The molecule has 0 amide bonds. The molecule has 1 heterocycles. The number of hydrogen-bond acceptors (Lipinski definition) is 4. The number of hydrogen-bond donors (Lipinski definition) is 2. The Kier molecular flexibility index (Phi) is 3.16. The monoisotopic (exact) mass is 336 g/mol. The minimum absolute atomic E-state index is 0.134. The highest BCUT2D eigenvalue weighted by Crippen LogP contribution is 2.47. The lowest BCUT2D eigenvalue weighted by atomic mass is 9.91. The van der Waals surface area contributed by atoms with E-state index in [1.165, 1.54) is 0 Å². The van der Waals surface area contributed by atoms with E-state index in [-0.39, 0.29) is 17.1 Å². The van der Waals surface area contributed by atoms with E-state index in [1.54, 1.807) is 19.2 Å². The van der Waals surface area contributed by atoms with Gasteiger partial charge in [0.05, 0.1) is 7.11 Å². The van der Waals surface area contributed by atoms with Gasteiger partial charge in [0, 0.05) is 16.5 Å². The summed E-state index contributed by atoms with van der Waals surface area (Å²) in [5.41, 5.74) is 1.54. The molecular weight excluding hydrogens is 316 g/mol. The van der Waals surface area contributed by atoms with Gasteiger partial charge in [-0.1, -0.05) is 18.2 Å². The van der Waals surface area contributed by atoms with Crippen molar-refractivity contribution >= 4 is 27.6 Å². The molecule has 0 bridgehead atoms. The summed E-state index contributed by atoms with van der Waals surface area (Å²) in [4.78, 5) is 0. The second-order valence-electron chi connectivity index (χ2n) is 6.99. The van der Waals surface area contributed by atoms with Crippen molar-refractivity contribution in [2.24, 2.45) is 0 Å². The highest BCUT2D eigenvalue weighted by atomic mass is 16.5. The highest BCUT2D eigenvalue weighted by Gasteiger charge is 2.27. The average Bonchev–Trinajstić information content (AvgIpc) is 2.56. The van der Waals surface area contributed by atoms with Crippen molar-refractivity contribution in [3.05, 3.63) is 41.5 Å². The first-order chi connectivity index (χ1) is 11.8. The minimum atomic E-state index is -0.378. The third kappa shape index (κ3) is 2.21. The summed E-state index contributed by atoms with van der Waals surface area (Å²) in [5.74, 6) is 1.26. The van der Waals surface area contributed by atoms with E-state index in [0.717, 1.165) is 44.2 Å². The van der Waals surface area contributed by atoms with E-state index in [2.05, 4.69) is 6.08 Å². The summed E-state index contributed by atoms with van der Waals surface area (Å²) in [5, 5.41) is 23.3. The van der Waals surface area contributed by atoms with Crippen LogP contribution in [-0.2, 0) is 0 Å². The standard InChI is InChI=1S/C21H20O4/c1-11-19-14(7-8-21(2,3)25-19)13-6-5-12-9-16(22)17(23)10-15(12)18(13)20(11)24-4/h5-10,22-23H,1-4H3. The van der Waals surface area contributed by atoms with Gasteiger partial charge in [-0.15, -0.1) is 0 Å². The Morgan fingerprint density at radius 3 is 2.48 bits per heavy atom. The summed E-state index contributed by atoms with van der Waals surface area (Å²) in [7, 11) is 1.64. The molecule has 25 heavy (non-hydrogen) atoms. The molecule has 0 fully saturated rings. The van der Waals surface area contributed by atoms with Gasteiger partial charge >= 0.3 is 0 Å². The molecule has 0 atom stereocenters. The van der Waals surface area contributed by atoms with E-state index in [1.807, 2.05) is 39.0 Å². The van der Waals surface area contributed by atoms with Gasteiger partial charge in [-0.25, -0.2) is 0 Å². The summed E-state index contributed by atoms with van der Waals surface area (Å²) in [6.45, 7) is 6.01. The second-order valence-corrected chi connectivity index (χ2v) is 6.99. The first kappa shape index (κ1) is 15.6. The van der Waals surface area contributed by atoms with Crippen molar-refractivity contribution in [1.29, 1.82) is 0 Å². The lowest BCUT2D eigenvalue weighted by molar-refractivity contribution is 0.157. The van der Waals surface area contributed by atoms with Gasteiger partial charge in [0.1, 0.15) is 17.1 Å². The first-order valence-corrected chi connectivity index (χ1v) is 8.19. The molecule has 4 nitrogen and oxygen atoms in total. The van der Waals surface area contributed by atoms with Gasteiger partial charge in [-0.2, -0.15) is 0 Å². The molecule has 2 N–H and O–H groups in total. The average molecular weight is 336 g/mol. The van der Waals surface area contributed by atoms with E-state index >= 15 is 0 Å². The van der Waals surface area contributed by atoms with Crippen molar-refractivity contribution in [3.8, 4) is 23.0 Å². The Bertz CT molecular complexity index is 1060. The number of ether oxygens (including phenoxy) is 2. The fraction of sp³-hybridized carbons (Fsp3) is 0.238.